The van der Waals surface area contributed by atoms with Gasteiger partial charge in [-0.2, -0.15) is 0 Å². The van der Waals surface area contributed by atoms with Crippen LogP contribution in [0.4, 0.5) is 0 Å². The largest absolute Gasteiger partial charge is 0.305 e. The Balaban J connectivity index is 0.00000176. The first kappa shape index (κ1) is 16.9. The van der Waals surface area contributed by atoms with E-state index in [4.69, 9.17) is 0 Å². The smallest absolute Gasteiger partial charge is 0.0238 e. The van der Waals surface area contributed by atoms with Gasteiger partial charge >= 0.3 is 0 Å². The Morgan fingerprint density at radius 1 is 0.773 bits per heavy atom. The molecule has 0 fully saturated rings. The fourth-order valence-corrected chi connectivity index (χ4v) is 3.57. The van der Waals surface area contributed by atoms with Crippen molar-refractivity contribution in [3.05, 3.63) is 72.3 Å². The van der Waals surface area contributed by atoms with Crippen molar-refractivity contribution >= 4 is 34.9 Å². The van der Waals surface area contributed by atoms with E-state index in [2.05, 4.69) is 85.7 Å². The average Bonchev–Trinajstić information content (AvgIpc) is 2.49. The zero-order chi connectivity index (χ0) is 14.7. The predicted octanol–water partition coefficient (Wildman–Crippen LogP) is 5.47. The lowest BCUT2D eigenvalue weighted by atomic mass is 10.1. The number of halogens is 1. The standard InChI is InChI=1S/C19H19NS.ClH/c1-20(2)14-16-9-4-6-12-18(16)21-19-13-7-10-15-8-3-5-11-17(15)19;/h3-13H,14H2,1-2H3;1H. The third kappa shape index (κ3) is 3.83. The van der Waals surface area contributed by atoms with Crippen LogP contribution in [0.5, 0.6) is 0 Å². The van der Waals surface area contributed by atoms with Crippen LogP contribution in [0.15, 0.2) is 76.5 Å². The molecule has 3 rings (SSSR count). The molecule has 0 bridgehead atoms. The highest BCUT2D eigenvalue weighted by molar-refractivity contribution is 7.99. The molecule has 0 saturated carbocycles. The summed E-state index contributed by atoms with van der Waals surface area (Å²) in [5, 5.41) is 2.62. The van der Waals surface area contributed by atoms with Gasteiger partial charge in [-0.25, -0.2) is 0 Å². The third-order valence-electron chi connectivity index (χ3n) is 3.43. The minimum absolute atomic E-state index is 0. The van der Waals surface area contributed by atoms with Crippen molar-refractivity contribution < 1.29 is 0 Å². The zero-order valence-electron chi connectivity index (χ0n) is 12.8. The number of rotatable bonds is 4. The quantitative estimate of drug-likeness (QED) is 0.624. The first-order valence-electron chi connectivity index (χ1n) is 7.12. The lowest BCUT2D eigenvalue weighted by Crippen LogP contribution is -2.11. The average molecular weight is 330 g/mol. The monoisotopic (exact) mass is 329 g/mol. The second kappa shape index (κ2) is 7.68. The van der Waals surface area contributed by atoms with Gasteiger partial charge in [0.25, 0.3) is 0 Å². The summed E-state index contributed by atoms with van der Waals surface area (Å²) in [4.78, 5) is 4.87. The first-order valence-corrected chi connectivity index (χ1v) is 7.94. The van der Waals surface area contributed by atoms with Crippen molar-refractivity contribution in [2.24, 2.45) is 0 Å². The summed E-state index contributed by atoms with van der Waals surface area (Å²) in [6.07, 6.45) is 0. The fourth-order valence-electron chi connectivity index (χ4n) is 2.48. The maximum Gasteiger partial charge on any atom is 0.0238 e. The SMILES string of the molecule is CN(C)Cc1ccccc1Sc1cccc2ccccc12.Cl. The van der Waals surface area contributed by atoms with Gasteiger partial charge in [-0.1, -0.05) is 66.4 Å². The fraction of sp³-hybridized carbons (Fsp3) is 0.158. The van der Waals surface area contributed by atoms with Crippen molar-refractivity contribution in [3.8, 4) is 0 Å². The van der Waals surface area contributed by atoms with E-state index in [0.29, 0.717) is 0 Å². The minimum atomic E-state index is 0. The number of hydrogen-bond donors (Lipinski definition) is 0. The van der Waals surface area contributed by atoms with Crippen LogP contribution in [0.25, 0.3) is 10.8 Å². The van der Waals surface area contributed by atoms with E-state index in [-0.39, 0.29) is 12.4 Å². The van der Waals surface area contributed by atoms with Crippen LogP contribution in [0.2, 0.25) is 0 Å². The normalized spacial score (nSPS) is 10.7. The van der Waals surface area contributed by atoms with Crippen LogP contribution in [0.3, 0.4) is 0 Å². The van der Waals surface area contributed by atoms with Gasteiger partial charge in [0.05, 0.1) is 0 Å². The number of fused-ring (bicyclic) bond motifs is 1. The van der Waals surface area contributed by atoms with Crippen molar-refractivity contribution in [2.45, 2.75) is 16.3 Å². The van der Waals surface area contributed by atoms with E-state index in [1.165, 1.54) is 26.1 Å². The summed E-state index contributed by atoms with van der Waals surface area (Å²) in [5.41, 5.74) is 1.38. The summed E-state index contributed by atoms with van der Waals surface area (Å²) in [7, 11) is 4.22. The van der Waals surface area contributed by atoms with Gasteiger partial charge < -0.3 is 4.90 Å². The van der Waals surface area contributed by atoms with Gasteiger partial charge in [-0.05, 0) is 42.6 Å². The van der Waals surface area contributed by atoms with Gasteiger partial charge in [0.1, 0.15) is 0 Å². The summed E-state index contributed by atoms with van der Waals surface area (Å²) < 4.78 is 0. The Kier molecular flexibility index (Phi) is 5.90. The third-order valence-corrected chi connectivity index (χ3v) is 4.62. The molecule has 3 heteroatoms. The molecule has 3 aromatic carbocycles. The Hall–Kier alpha value is -1.48. The Labute approximate surface area is 142 Å². The molecule has 0 atom stereocenters. The van der Waals surface area contributed by atoms with Crippen LogP contribution < -0.4 is 0 Å². The molecule has 0 radical (unpaired) electrons. The number of benzene rings is 3. The van der Waals surface area contributed by atoms with Crippen LogP contribution >= 0.6 is 24.2 Å². The Bertz CT molecular complexity index is 750. The van der Waals surface area contributed by atoms with Gasteiger partial charge in [0, 0.05) is 16.3 Å². The Morgan fingerprint density at radius 2 is 1.41 bits per heavy atom. The molecule has 0 saturated heterocycles. The highest BCUT2D eigenvalue weighted by Crippen LogP contribution is 2.35. The van der Waals surface area contributed by atoms with Crippen LogP contribution in [0, 0.1) is 0 Å². The topological polar surface area (TPSA) is 3.24 Å². The number of nitrogens with zero attached hydrogens (tertiary/aromatic N) is 1. The van der Waals surface area contributed by atoms with Gasteiger partial charge in [-0.3, -0.25) is 0 Å². The second-order valence-electron chi connectivity index (χ2n) is 5.42. The molecule has 0 aliphatic carbocycles. The first-order chi connectivity index (χ1) is 10.2. The van der Waals surface area contributed by atoms with Crippen molar-refractivity contribution in [1.82, 2.24) is 4.90 Å². The van der Waals surface area contributed by atoms with Crippen LogP contribution in [-0.4, -0.2) is 19.0 Å². The molecular weight excluding hydrogens is 310 g/mol. The predicted molar refractivity (Wildman–Crippen MR) is 99.2 cm³/mol. The molecule has 0 aromatic heterocycles. The molecule has 0 amide bonds. The maximum atomic E-state index is 2.22. The zero-order valence-corrected chi connectivity index (χ0v) is 14.5. The highest BCUT2D eigenvalue weighted by Gasteiger charge is 2.07. The highest BCUT2D eigenvalue weighted by atomic mass is 35.5. The van der Waals surface area contributed by atoms with Crippen molar-refractivity contribution in [1.29, 1.82) is 0 Å². The van der Waals surface area contributed by atoms with E-state index in [0.717, 1.165) is 6.54 Å². The molecule has 0 N–H and O–H groups in total. The second-order valence-corrected chi connectivity index (χ2v) is 6.51. The molecule has 1 nitrogen and oxygen atoms in total. The molecule has 22 heavy (non-hydrogen) atoms. The summed E-state index contributed by atoms with van der Waals surface area (Å²) in [5.74, 6) is 0. The van der Waals surface area contributed by atoms with Crippen molar-refractivity contribution in [2.75, 3.05) is 14.1 Å². The molecule has 0 unspecified atom stereocenters. The van der Waals surface area contributed by atoms with E-state index in [1.54, 1.807) is 0 Å². The minimum Gasteiger partial charge on any atom is -0.305 e. The lowest BCUT2D eigenvalue weighted by Gasteiger charge is -2.14. The van der Waals surface area contributed by atoms with Gasteiger partial charge in [0.2, 0.25) is 0 Å². The van der Waals surface area contributed by atoms with Crippen LogP contribution in [-0.2, 0) is 6.54 Å². The summed E-state index contributed by atoms with van der Waals surface area (Å²) >= 11 is 1.86. The molecule has 0 aliphatic heterocycles. The van der Waals surface area contributed by atoms with E-state index < -0.39 is 0 Å². The van der Waals surface area contributed by atoms with Gasteiger partial charge in [-0.15, -0.1) is 12.4 Å². The Morgan fingerprint density at radius 3 is 2.23 bits per heavy atom. The van der Waals surface area contributed by atoms with E-state index >= 15 is 0 Å². The summed E-state index contributed by atoms with van der Waals surface area (Å²) in [6.45, 7) is 0.966. The lowest BCUT2D eigenvalue weighted by molar-refractivity contribution is 0.399. The molecule has 0 aliphatic rings. The maximum absolute atomic E-state index is 2.22. The van der Waals surface area contributed by atoms with E-state index in [9.17, 15) is 0 Å². The molecule has 0 spiro atoms. The molecular formula is C19H20ClNS. The number of hydrogen-bond acceptors (Lipinski definition) is 2. The molecule has 3 aromatic rings. The van der Waals surface area contributed by atoms with Gasteiger partial charge in [0.15, 0.2) is 0 Å². The van der Waals surface area contributed by atoms with E-state index in [1.807, 2.05) is 11.8 Å². The van der Waals surface area contributed by atoms with Crippen molar-refractivity contribution in [3.63, 3.8) is 0 Å². The van der Waals surface area contributed by atoms with Crippen LogP contribution in [0.1, 0.15) is 5.56 Å². The molecule has 114 valence electrons. The molecule has 0 heterocycles. The summed E-state index contributed by atoms with van der Waals surface area (Å²) in [6, 6.07) is 23.8.